The molecule has 1 saturated heterocycles. The molecule has 0 radical (unpaired) electrons. The van der Waals surface area contributed by atoms with Crippen LogP contribution in [0.25, 0.3) is 0 Å². The van der Waals surface area contributed by atoms with Gasteiger partial charge in [-0.1, -0.05) is 29.8 Å². The van der Waals surface area contributed by atoms with Crippen LogP contribution in [0.2, 0.25) is 5.02 Å². The molecule has 1 heterocycles. The topological polar surface area (TPSA) is 41.6 Å². The van der Waals surface area contributed by atoms with Crippen LogP contribution in [0.15, 0.2) is 54.6 Å². The zero-order valence-corrected chi connectivity index (χ0v) is 14.2. The number of urea groups is 1. The Kier molecular flexibility index (Phi) is 5.59. The van der Waals surface area contributed by atoms with E-state index in [0.717, 1.165) is 37.4 Å². The molecule has 2 aromatic carbocycles. The Hall–Kier alpha value is -2.20. The lowest BCUT2D eigenvalue weighted by molar-refractivity contribution is 0.152. The molecule has 3 rings (SSSR count). The fourth-order valence-corrected chi connectivity index (χ4v) is 2.90. The molecule has 0 aliphatic carbocycles. The van der Waals surface area contributed by atoms with Crippen LogP contribution in [0.3, 0.4) is 0 Å². The summed E-state index contributed by atoms with van der Waals surface area (Å²) in [5.74, 6) is 1.39. The summed E-state index contributed by atoms with van der Waals surface area (Å²) in [6.07, 6.45) is 1.92. The molecule has 1 N–H and O–H groups in total. The van der Waals surface area contributed by atoms with Crippen molar-refractivity contribution in [2.24, 2.45) is 5.92 Å². The summed E-state index contributed by atoms with van der Waals surface area (Å²) < 4.78 is 5.82. The summed E-state index contributed by atoms with van der Waals surface area (Å²) in [4.78, 5) is 14.1. The number of amides is 2. The number of benzene rings is 2. The number of carbonyl (C=O) groups is 1. The second-order valence-corrected chi connectivity index (χ2v) is 6.43. The van der Waals surface area contributed by atoms with Crippen LogP contribution < -0.4 is 10.1 Å². The van der Waals surface area contributed by atoms with Crippen LogP contribution in [0.5, 0.6) is 5.75 Å². The number of carbonyl (C=O) groups excluding carboxylic acids is 1. The van der Waals surface area contributed by atoms with Gasteiger partial charge in [-0.25, -0.2) is 4.79 Å². The molecule has 0 unspecified atom stereocenters. The molecule has 1 aliphatic rings. The summed E-state index contributed by atoms with van der Waals surface area (Å²) in [7, 11) is 0. The molecule has 0 spiro atoms. The molecule has 1 aliphatic heterocycles. The Bertz CT molecular complexity index is 653. The van der Waals surface area contributed by atoms with Crippen molar-refractivity contribution >= 4 is 23.3 Å². The Balaban J connectivity index is 1.42. The number of piperidine rings is 1. The number of anilines is 1. The van der Waals surface area contributed by atoms with Crippen LogP contribution in [-0.4, -0.2) is 30.6 Å². The van der Waals surface area contributed by atoms with Gasteiger partial charge in [0.25, 0.3) is 0 Å². The third-order valence-corrected chi connectivity index (χ3v) is 4.48. The molecule has 1 fully saturated rings. The second-order valence-electron chi connectivity index (χ2n) is 5.99. The molecular formula is C19H21ClN2O2. The normalized spacial score (nSPS) is 15.1. The maximum absolute atomic E-state index is 12.3. The predicted molar refractivity (Wildman–Crippen MR) is 96.7 cm³/mol. The van der Waals surface area contributed by atoms with E-state index >= 15 is 0 Å². The summed E-state index contributed by atoms with van der Waals surface area (Å²) in [5, 5.41) is 3.57. The van der Waals surface area contributed by atoms with Crippen LogP contribution in [0, 0.1) is 5.92 Å². The van der Waals surface area contributed by atoms with Crippen molar-refractivity contribution in [3.8, 4) is 5.75 Å². The zero-order chi connectivity index (χ0) is 16.8. The van der Waals surface area contributed by atoms with Gasteiger partial charge in [-0.15, -0.1) is 0 Å². The molecule has 24 heavy (non-hydrogen) atoms. The van der Waals surface area contributed by atoms with Gasteiger partial charge in [0.2, 0.25) is 0 Å². The first-order valence-electron chi connectivity index (χ1n) is 8.20. The molecule has 2 aromatic rings. The fourth-order valence-electron chi connectivity index (χ4n) is 2.77. The number of likely N-dealkylation sites (tertiary alicyclic amines) is 1. The average molecular weight is 345 g/mol. The van der Waals surface area contributed by atoms with Crippen molar-refractivity contribution < 1.29 is 9.53 Å². The first kappa shape index (κ1) is 16.7. The van der Waals surface area contributed by atoms with E-state index in [0.29, 0.717) is 17.5 Å². The van der Waals surface area contributed by atoms with Crippen LogP contribution >= 0.6 is 11.6 Å². The number of ether oxygens (including phenoxy) is 1. The number of hydrogen-bond acceptors (Lipinski definition) is 2. The Morgan fingerprint density at radius 1 is 1.08 bits per heavy atom. The fraction of sp³-hybridized carbons (Fsp3) is 0.316. The van der Waals surface area contributed by atoms with Gasteiger partial charge in [0.05, 0.1) is 6.61 Å². The van der Waals surface area contributed by atoms with Gasteiger partial charge >= 0.3 is 6.03 Å². The zero-order valence-electron chi connectivity index (χ0n) is 13.5. The SMILES string of the molecule is O=C(Nc1ccc(Cl)cc1)N1CCC(COc2ccccc2)CC1. The number of para-hydroxylation sites is 1. The molecule has 0 bridgehead atoms. The number of halogens is 1. The van der Waals surface area contributed by atoms with Crippen molar-refractivity contribution in [3.63, 3.8) is 0 Å². The first-order valence-corrected chi connectivity index (χ1v) is 8.58. The lowest BCUT2D eigenvalue weighted by Gasteiger charge is -2.31. The standard InChI is InChI=1S/C19H21ClN2O2/c20-16-6-8-17(9-7-16)21-19(23)22-12-10-15(11-13-22)14-24-18-4-2-1-3-5-18/h1-9,15H,10-14H2,(H,21,23). The van der Waals surface area contributed by atoms with Gasteiger partial charge in [0, 0.05) is 23.8 Å². The molecular weight excluding hydrogens is 324 g/mol. The Morgan fingerprint density at radius 3 is 2.42 bits per heavy atom. The van der Waals surface area contributed by atoms with E-state index < -0.39 is 0 Å². The summed E-state index contributed by atoms with van der Waals surface area (Å²) in [5.41, 5.74) is 0.763. The highest BCUT2D eigenvalue weighted by molar-refractivity contribution is 6.30. The molecule has 4 nitrogen and oxygen atoms in total. The summed E-state index contributed by atoms with van der Waals surface area (Å²) in [6.45, 7) is 2.21. The van der Waals surface area contributed by atoms with E-state index in [-0.39, 0.29) is 6.03 Å². The maximum atomic E-state index is 12.3. The number of rotatable bonds is 4. The van der Waals surface area contributed by atoms with Gasteiger partial charge in [-0.05, 0) is 55.2 Å². The smallest absolute Gasteiger partial charge is 0.321 e. The van der Waals surface area contributed by atoms with Crippen molar-refractivity contribution in [1.29, 1.82) is 0 Å². The van der Waals surface area contributed by atoms with E-state index in [4.69, 9.17) is 16.3 Å². The number of nitrogens with zero attached hydrogens (tertiary/aromatic N) is 1. The largest absolute Gasteiger partial charge is 0.493 e. The van der Waals surface area contributed by atoms with Crippen molar-refractivity contribution in [3.05, 3.63) is 59.6 Å². The molecule has 126 valence electrons. The van der Waals surface area contributed by atoms with Crippen molar-refractivity contribution in [2.75, 3.05) is 25.0 Å². The third-order valence-electron chi connectivity index (χ3n) is 4.23. The minimum absolute atomic E-state index is 0.0558. The third kappa shape index (κ3) is 4.65. The van der Waals surface area contributed by atoms with Gasteiger partial charge < -0.3 is 15.0 Å². The van der Waals surface area contributed by atoms with Crippen LogP contribution in [0.4, 0.5) is 10.5 Å². The predicted octanol–water partition coefficient (Wildman–Crippen LogP) is 4.66. The summed E-state index contributed by atoms with van der Waals surface area (Å²) in [6, 6.07) is 16.9. The van der Waals surface area contributed by atoms with E-state index in [9.17, 15) is 4.79 Å². The van der Waals surface area contributed by atoms with Gasteiger partial charge in [-0.2, -0.15) is 0 Å². The quantitative estimate of drug-likeness (QED) is 0.876. The minimum Gasteiger partial charge on any atom is -0.493 e. The monoisotopic (exact) mass is 344 g/mol. The first-order chi connectivity index (χ1) is 11.7. The molecule has 0 aromatic heterocycles. The lowest BCUT2D eigenvalue weighted by atomic mass is 9.98. The van der Waals surface area contributed by atoms with E-state index in [1.165, 1.54) is 0 Å². The summed E-state index contributed by atoms with van der Waals surface area (Å²) >= 11 is 5.85. The highest BCUT2D eigenvalue weighted by atomic mass is 35.5. The molecule has 2 amide bonds. The average Bonchev–Trinajstić information content (AvgIpc) is 2.63. The maximum Gasteiger partial charge on any atom is 0.321 e. The highest BCUT2D eigenvalue weighted by Crippen LogP contribution is 2.20. The Morgan fingerprint density at radius 2 is 1.75 bits per heavy atom. The minimum atomic E-state index is -0.0558. The molecule has 5 heteroatoms. The van der Waals surface area contributed by atoms with E-state index in [1.807, 2.05) is 35.2 Å². The van der Waals surface area contributed by atoms with Crippen molar-refractivity contribution in [2.45, 2.75) is 12.8 Å². The van der Waals surface area contributed by atoms with Crippen LogP contribution in [0.1, 0.15) is 12.8 Å². The molecule has 0 saturated carbocycles. The van der Waals surface area contributed by atoms with Crippen molar-refractivity contribution in [1.82, 2.24) is 4.90 Å². The highest BCUT2D eigenvalue weighted by Gasteiger charge is 2.23. The van der Waals surface area contributed by atoms with Gasteiger partial charge in [0.15, 0.2) is 0 Å². The lowest BCUT2D eigenvalue weighted by Crippen LogP contribution is -2.42. The number of hydrogen-bond donors (Lipinski definition) is 1. The molecule has 0 atom stereocenters. The van der Waals surface area contributed by atoms with E-state index in [1.54, 1.807) is 24.3 Å². The van der Waals surface area contributed by atoms with Gasteiger partial charge in [0.1, 0.15) is 5.75 Å². The number of nitrogens with one attached hydrogen (secondary N) is 1. The van der Waals surface area contributed by atoms with Gasteiger partial charge in [-0.3, -0.25) is 0 Å². The second kappa shape index (κ2) is 8.06. The van der Waals surface area contributed by atoms with E-state index in [2.05, 4.69) is 5.32 Å². The Labute approximate surface area is 147 Å². The van der Waals surface area contributed by atoms with Crippen LogP contribution in [-0.2, 0) is 0 Å².